The predicted molar refractivity (Wildman–Crippen MR) is 41.0 cm³/mol. The number of hydrogen-bond donors (Lipinski definition) is 0. The zero-order valence-corrected chi connectivity index (χ0v) is 6.65. The molecule has 0 aromatic rings. The van der Waals surface area contributed by atoms with Crippen molar-refractivity contribution in [3.05, 3.63) is 0 Å². The van der Waals surface area contributed by atoms with Crippen LogP contribution in [0.4, 0.5) is 0 Å². The predicted octanol–water partition coefficient (Wildman–Crippen LogP) is 1.19. The molecule has 0 radical (unpaired) electrons. The first kappa shape index (κ1) is 7.69. The number of hydrogen-bond acceptors (Lipinski definition) is 3. The first-order valence-electron chi connectivity index (χ1n) is 2.58. The second-order valence-electron chi connectivity index (χ2n) is 1.78. The third-order valence-corrected chi connectivity index (χ3v) is 1.55. The molecule has 1 unspecified atom stereocenters. The Labute approximate surface area is 67.8 Å². The maximum atomic E-state index is 10.8. The van der Waals surface area contributed by atoms with Gasteiger partial charge in [0.15, 0.2) is 10.7 Å². The third-order valence-electron chi connectivity index (χ3n) is 0.980. The number of Topliss-reactive ketones (excluding diaryl/α,β-unsaturated/α-hetero) is 1. The molecule has 5 heteroatoms. The molecular formula is C5H4Cl2N2O. The quantitative estimate of drug-likeness (QED) is 0.406. The van der Waals surface area contributed by atoms with Crippen LogP contribution in [0.1, 0.15) is 6.92 Å². The van der Waals surface area contributed by atoms with Crippen LogP contribution < -0.4 is 0 Å². The normalized spacial score (nSPS) is 25.9. The molecule has 0 spiro atoms. The highest BCUT2D eigenvalue weighted by atomic mass is 35.5. The summed E-state index contributed by atoms with van der Waals surface area (Å²) < 4.78 is 0. The summed E-state index contributed by atoms with van der Waals surface area (Å²) >= 11 is 10.8. The van der Waals surface area contributed by atoms with Crippen LogP contribution >= 0.6 is 23.2 Å². The van der Waals surface area contributed by atoms with E-state index in [9.17, 15) is 4.79 Å². The van der Waals surface area contributed by atoms with Crippen LogP contribution in [0.2, 0.25) is 0 Å². The molecule has 0 fully saturated rings. The van der Waals surface area contributed by atoms with Crippen LogP contribution in [0, 0.1) is 0 Å². The van der Waals surface area contributed by atoms with E-state index >= 15 is 0 Å². The molecule has 1 rings (SSSR count). The van der Waals surface area contributed by atoms with E-state index < -0.39 is 11.3 Å². The van der Waals surface area contributed by atoms with Crippen molar-refractivity contribution in [1.29, 1.82) is 0 Å². The first-order valence-corrected chi connectivity index (χ1v) is 3.39. The lowest BCUT2D eigenvalue weighted by Crippen LogP contribution is -2.24. The van der Waals surface area contributed by atoms with Crippen molar-refractivity contribution in [3.8, 4) is 0 Å². The summed E-state index contributed by atoms with van der Waals surface area (Å²) in [6.07, 6.45) is 0. The molecule has 1 aliphatic rings. The molecular weight excluding hydrogens is 175 g/mol. The number of aliphatic imine (C=N–C) groups is 2. The van der Waals surface area contributed by atoms with Gasteiger partial charge in [-0.2, -0.15) is 0 Å². The minimum Gasteiger partial charge on any atom is -0.288 e. The Balaban J connectivity index is 2.95. The minimum atomic E-state index is -0.884. The monoisotopic (exact) mass is 178 g/mol. The van der Waals surface area contributed by atoms with Gasteiger partial charge >= 0.3 is 0 Å². The maximum absolute atomic E-state index is 10.8. The van der Waals surface area contributed by atoms with Crippen molar-refractivity contribution >= 4 is 40.0 Å². The zero-order chi connectivity index (χ0) is 7.72. The Morgan fingerprint density at radius 3 is 2.70 bits per heavy atom. The van der Waals surface area contributed by atoms with Gasteiger partial charge in [0, 0.05) is 0 Å². The van der Waals surface area contributed by atoms with Crippen LogP contribution in [0.5, 0.6) is 0 Å². The van der Waals surface area contributed by atoms with Gasteiger partial charge in [0.1, 0.15) is 5.84 Å². The summed E-state index contributed by atoms with van der Waals surface area (Å²) in [5, 5.41) is -0.0903. The second-order valence-corrected chi connectivity index (χ2v) is 2.55. The van der Waals surface area contributed by atoms with E-state index in [-0.39, 0.29) is 5.17 Å². The zero-order valence-electron chi connectivity index (χ0n) is 5.14. The van der Waals surface area contributed by atoms with Crippen molar-refractivity contribution < 1.29 is 4.79 Å². The van der Waals surface area contributed by atoms with Crippen molar-refractivity contribution in [2.24, 2.45) is 9.98 Å². The average molecular weight is 179 g/mol. The highest BCUT2D eigenvalue weighted by Gasteiger charge is 2.22. The lowest BCUT2D eigenvalue weighted by molar-refractivity contribution is -0.112. The van der Waals surface area contributed by atoms with E-state index in [0.717, 1.165) is 0 Å². The van der Waals surface area contributed by atoms with Crippen molar-refractivity contribution in [3.63, 3.8) is 0 Å². The van der Waals surface area contributed by atoms with E-state index in [1.165, 1.54) is 0 Å². The minimum absolute atomic E-state index is 0.0903. The van der Waals surface area contributed by atoms with Crippen LogP contribution in [0.25, 0.3) is 0 Å². The Morgan fingerprint density at radius 2 is 2.20 bits per heavy atom. The van der Waals surface area contributed by atoms with Crippen molar-refractivity contribution in [2.45, 2.75) is 12.4 Å². The first-order chi connectivity index (χ1) is 4.61. The van der Waals surface area contributed by atoms with E-state index in [4.69, 9.17) is 23.2 Å². The third kappa shape index (κ3) is 1.36. The molecule has 1 atom stereocenters. The summed E-state index contributed by atoms with van der Waals surface area (Å²) in [5.74, 6) is -0.00136. The summed E-state index contributed by atoms with van der Waals surface area (Å²) in [6, 6.07) is 0. The SMILES string of the molecule is CC1=NC(Cl)C(=O)C(Cl)=N1. The molecule has 3 nitrogen and oxygen atoms in total. The van der Waals surface area contributed by atoms with Gasteiger partial charge in [-0.25, -0.2) is 9.98 Å². The van der Waals surface area contributed by atoms with Gasteiger partial charge in [-0.1, -0.05) is 23.2 Å². The van der Waals surface area contributed by atoms with Gasteiger partial charge in [0.2, 0.25) is 5.78 Å². The molecule has 0 aliphatic carbocycles. The number of amidine groups is 1. The van der Waals surface area contributed by atoms with Crippen LogP contribution in [0.15, 0.2) is 9.98 Å². The molecule has 0 aromatic carbocycles. The molecule has 10 heavy (non-hydrogen) atoms. The van der Waals surface area contributed by atoms with Gasteiger partial charge in [-0.3, -0.25) is 4.79 Å². The average Bonchev–Trinajstić information content (AvgIpc) is 1.82. The number of ketones is 1. The van der Waals surface area contributed by atoms with E-state index in [2.05, 4.69) is 9.98 Å². The fourth-order valence-electron chi connectivity index (χ4n) is 0.547. The molecule has 0 N–H and O–H groups in total. The summed E-state index contributed by atoms with van der Waals surface area (Å²) in [7, 11) is 0. The van der Waals surface area contributed by atoms with E-state index in [1.807, 2.05) is 0 Å². The molecule has 0 saturated carbocycles. The fourth-order valence-corrected chi connectivity index (χ4v) is 1.07. The van der Waals surface area contributed by atoms with Gasteiger partial charge in [-0.05, 0) is 6.92 Å². The smallest absolute Gasteiger partial charge is 0.232 e. The number of halogens is 2. The fraction of sp³-hybridized carbons (Fsp3) is 0.400. The number of rotatable bonds is 0. The Hall–Kier alpha value is -0.410. The molecule has 0 amide bonds. The molecule has 54 valence electrons. The van der Waals surface area contributed by atoms with Crippen molar-refractivity contribution in [1.82, 2.24) is 0 Å². The van der Waals surface area contributed by atoms with Gasteiger partial charge in [0.25, 0.3) is 0 Å². The Morgan fingerprint density at radius 1 is 1.60 bits per heavy atom. The molecule has 1 heterocycles. The largest absolute Gasteiger partial charge is 0.288 e. The Kier molecular flexibility index (Phi) is 2.06. The number of carbonyl (C=O) groups excluding carboxylic acids is 1. The van der Waals surface area contributed by atoms with Gasteiger partial charge in [-0.15, -0.1) is 0 Å². The van der Waals surface area contributed by atoms with Crippen LogP contribution in [-0.2, 0) is 4.79 Å². The Bertz CT molecular complexity index is 234. The van der Waals surface area contributed by atoms with E-state index in [0.29, 0.717) is 5.84 Å². The molecule has 1 aliphatic heterocycles. The number of carbonyl (C=O) groups is 1. The highest BCUT2D eigenvalue weighted by molar-refractivity contribution is 6.86. The maximum Gasteiger partial charge on any atom is 0.232 e. The van der Waals surface area contributed by atoms with Gasteiger partial charge in [0.05, 0.1) is 0 Å². The lowest BCUT2D eigenvalue weighted by atomic mass is 10.4. The highest BCUT2D eigenvalue weighted by Crippen LogP contribution is 2.09. The summed E-state index contributed by atoms with van der Waals surface area (Å²) in [5.41, 5.74) is -0.884. The van der Waals surface area contributed by atoms with Crippen LogP contribution in [-0.4, -0.2) is 22.3 Å². The summed E-state index contributed by atoms with van der Waals surface area (Å²) in [4.78, 5) is 18.1. The molecule has 0 aromatic heterocycles. The van der Waals surface area contributed by atoms with Crippen LogP contribution in [0.3, 0.4) is 0 Å². The number of nitrogens with zero attached hydrogens (tertiary/aromatic N) is 2. The molecule has 0 bridgehead atoms. The van der Waals surface area contributed by atoms with E-state index in [1.54, 1.807) is 6.92 Å². The molecule has 0 saturated heterocycles. The summed E-state index contributed by atoms with van der Waals surface area (Å²) in [6.45, 7) is 1.63. The van der Waals surface area contributed by atoms with Crippen molar-refractivity contribution in [2.75, 3.05) is 0 Å². The second kappa shape index (κ2) is 2.68. The standard InChI is InChI=1S/C5H4Cl2N2O/c1-2-8-4(6)3(10)5(7)9-2/h4H,1H3. The topological polar surface area (TPSA) is 41.8 Å². The number of alkyl halides is 1. The van der Waals surface area contributed by atoms with Gasteiger partial charge < -0.3 is 0 Å². The lowest BCUT2D eigenvalue weighted by Gasteiger charge is -2.06.